The minimum atomic E-state index is -0.832. The summed E-state index contributed by atoms with van der Waals surface area (Å²) in [7, 11) is 0. The van der Waals surface area contributed by atoms with Crippen molar-refractivity contribution in [3.05, 3.63) is 40.9 Å². The van der Waals surface area contributed by atoms with Gasteiger partial charge >= 0.3 is 11.6 Å². The van der Waals surface area contributed by atoms with Crippen molar-refractivity contribution in [3.63, 3.8) is 0 Å². The average Bonchev–Trinajstić information content (AvgIpc) is 3.55. The summed E-state index contributed by atoms with van der Waals surface area (Å²) in [6.45, 7) is 4.58. The van der Waals surface area contributed by atoms with Gasteiger partial charge in [-0.15, -0.1) is 0 Å². The molecule has 3 saturated heterocycles. The molecular weight excluding hydrogens is 463 g/mol. The van der Waals surface area contributed by atoms with Crippen LogP contribution in [0.25, 0.3) is 33.1 Å². The molecule has 3 fully saturated rings. The van der Waals surface area contributed by atoms with Crippen molar-refractivity contribution in [1.82, 2.24) is 25.1 Å². The van der Waals surface area contributed by atoms with Crippen molar-refractivity contribution in [1.29, 1.82) is 0 Å². The quantitative estimate of drug-likeness (QED) is 0.452. The van der Waals surface area contributed by atoms with Gasteiger partial charge in [-0.05, 0) is 38.8 Å². The number of hydrogen-bond donors (Lipinski definition) is 1. The van der Waals surface area contributed by atoms with Crippen molar-refractivity contribution < 1.29 is 13.5 Å². The van der Waals surface area contributed by atoms with Crippen molar-refractivity contribution in [2.45, 2.75) is 50.4 Å². The molecule has 0 amide bonds. The number of anilines is 1. The van der Waals surface area contributed by atoms with Crippen LogP contribution in [0.2, 0.25) is 0 Å². The molecule has 9 nitrogen and oxygen atoms in total. The zero-order chi connectivity index (χ0) is 24.4. The van der Waals surface area contributed by atoms with Gasteiger partial charge in [0.2, 0.25) is 0 Å². The normalized spacial score (nSPS) is 26.0. The number of nitrogens with zero attached hydrogens (tertiary/aromatic N) is 5. The number of nitrogens with one attached hydrogen (secondary N) is 1. The van der Waals surface area contributed by atoms with E-state index in [1.165, 1.54) is 0 Å². The molecular formula is C26H27FN6O3. The Balaban J connectivity index is 1.32. The second-order valence-corrected chi connectivity index (χ2v) is 10.3. The van der Waals surface area contributed by atoms with Gasteiger partial charge < -0.3 is 14.1 Å². The van der Waals surface area contributed by atoms with Crippen molar-refractivity contribution in [2.24, 2.45) is 0 Å². The van der Waals surface area contributed by atoms with Gasteiger partial charge in [0.25, 0.3) is 0 Å². The van der Waals surface area contributed by atoms with Crippen molar-refractivity contribution in [3.8, 4) is 17.3 Å². The first-order chi connectivity index (χ1) is 17.5. The Labute approximate surface area is 206 Å². The molecule has 6 heterocycles. The average molecular weight is 491 g/mol. The lowest BCUT2D eigenvalue weighted by atomic mass is 9.95. The highest BCUT2D eigenvalue weighted by molar-refractivity contribution is 5.96. The third-order valence-corrected chi connectivity index (χ3v) is 8.14. The largest absolute Gasteiger partial charge is 0.461 e. The summed E-state index contributed by atoms with van der Waals surface area (Å²) in [5.41, 5.74) is 1.28. The number of aromatic amines is 1. The summed E-state index contributed by atoms with van der Waals surface area (Å²) < 4.78 is 26.2. The zero-order valence-electron chi connectivity index (χ0n) is 20.0. The Morgan fingerprint density at radius 3 is 3.06 bits per heavy atom. The van der Waals surface area contributed by atoms with Gasteiger partial charge in [-0.1, -0.05) is 12.1 Å². The van der Waals surface area contributed by atoms with Crippen molar-refractivity contribution >= 4 is 27.6 Å². The third kappa shape index (κ3) is 3.31. The fourth-order valence-corrected chi connectivity index (χ4v) is 6.12. The highest BCUT2D eigenvalue weighted by Crippen LogP contribution is 2.41. The van der Waals surface area contributed by atoms with E-state index in [9.17, 15) is 9.18 Å². The smallest absolute Gasteiger partial charge is 0.349 e. The Bertz CT molecular complexity index is 1540. The van der Waals surface area contributed by atoms with Crippen LogP contribution in [0.3, 0.4) is 0 Å². The summed E-state index contributed by atoms with van der Waals surface area (Å²) in [6.07, 6.45) is 4.31. The van der Waals surface area contributed by atoms with E-state index in [1.54, 1.807) is 12.3 Å². The number of benzene rings is 1. The molecule has 4 aromatic rings. The lowest BCUT2D eigenvalue weighted by Gasteiger charge is -2.40. The van der Waals surface area contributed by atoms with Crippen molar-refractivity contribution in [2.75, 3.05) is 31.1 Å². The van der Waals surface area contributed by atoms with Crippen LogP contribution in [0.1, 0.15) is 32.6 Å². The molecule has 3 aliphatic heterocycles. The van der Waals surface area contributed by atoms with E-state index in [1.807, 2.05) is 18.2 Å². The number of fused-ring (bicyclic) bond motifs is 3. The number of H-pyrrole nitrogens is 1. The van der Waals surface area contributed by atoms with Crippen LogP contribution in [0, 0.1) is 0 Å². The number of halogens is 1. The molecule has 7 rings (SSSR count). The molecule has 3 aliphatic rings. The van der Waals surface area contributed by atoms with Crippen LogP contribution >= 0.6 is 0 Å². The predicted octanol–water partition coefficient (Wildman–Crippen LogP) is 3.68. The minimum Gasteiger partial charge on any atom is -0.461 e. The van der Waals surface area contributed by atoms with E-state index in [-0.39, 0.29) is 17.6 Å². The van der Waals surface area contributed by atoms with E-state index >= 15 is 0 Å². The van der Waals surface area contributed by atoms with Crippen LogP contribution in [0.15, 0.2) is 39.7 Å². The standard InChI is InChI=1S/C26H27FN6O3/c1-15-6-9-33(15)23-22-20(10-21(36-24(22)34)17-4-2-5-19-18(17)12-28-31-19)29-25(30-23)35-14-26-7-3-8-32(26)13-16(27)11-26/h2,4-5,10,12,15-16H,3,6-9,11,13-14H2,1H3,(H,28,31)/t15-,16-,26+/m1/s1. The van der Waals surface area contributed by atoms with Crippen LogP contribution in [0.5, 0.6) is 6.01 Å². The summed E-state index contributed by atoms with van der Waals surface area (Å²) >= 11 is 0. The maximum absolute atomic E-state index is 14.2. The molecule has 36 heavy (non-hydrogen) atoms. The third-order valence-electron chi connectivity index (χ3n) is 8.14. The Morgan fingerprint density at radius 2 is 2.22 bits per heavy atom. The number of aromatic nitrogens is 4. The lowest BCUT2D eigenvalue weighted by molar-refractivity contribution is 0.107. The Morgan fingerprint density at radius 1 is 1.31 bits per heavy atom. The number of hydrogen-bond acceptors (Lipinski definition) is 8. The summed E-state index contributed by atoms with van der Waals surface area (Å²) in [6, 6.07) is 7.92. The van der Waals surface area contributed by atoms with Gasteiger partial charge in [-0.3, -0.25) is 10.00 Å². The maximum Gasteiger partial charge on any atom is 0.349 e. The van der Waals surface area contributed by atoms with Gasteiger partial charge in [0.15, 0.2) is 5.82 Å². The fraction of sp³-hybridized carbons (Fsp3) is 0.462. The minimum absolute atomic E-state index is 0.207. The summed E-state index contributed by atoms with van der Waals surface area (Å²) in [4.78, 5) is 26.9. The molecule has 0 radical (unpaired) electrons. The molecule has 0 unspecified atom stereocenters. The molecule has 0 aliphatic carbocycles. The van der Waals surface area contributed by atoms with Gasteiger partial charge in [-0.2, -0.15) is 15.1 Å². The molecule has 186 valence electrons. The van der Waals surface area contributed by atoms with Gasteiger partial charge in [0, 0.05) is 42.6 Å². The van der Waals surface area contributed by atoms with Crippen LogP contribution in [-0.2, 0) is 0 Å². The first kappa shape index (κ1) is 21.7. The fourth-order valence-electron chi connectivity index (χ4n) is 6.12. The molecule has 3 aromatic heterocycles. The zero-order valence-corrected chi connectivity index (χ0v) is 20.0. The molecule has 0 saturated carbocycles. The Kier molecular flexibility index (Phi) is 4.82. The topological polar surface area (TPSA) is 100 Å². The van der Waals surface area contributed by atoms with E-state index < -0.39 is 11.8 Å². The molecule has 1 N–H and O–H groups in total. The second kappa shape index (κ2) is 7.99. The SMILES string of the molecule is C[C@@H]1CCN1c1nc(OC[C@@]23CCCN2C[C@H](F)C3)nc2cc(-c3cccc4[nH]ncc34)oc(=O)c12. The van der Waals surface area contributed by atoms with E-state index in [2.05, 4.69) is 36.9 Å². The molecule has 3 atom stereocenters. The van der Waals surface area contributed by atoms with Gasteiger partial charge in [0.05, 0.1) is 22.8 Å². The molecule has 0 bridgehead atoms. The molecule has 10 heteroatoms. The monoisotopic (exact) mass is 490 g/mol. The predicted molar refractivity (Wildman–Crippen MR) is 133 cm³/mol. The second-order valence-electron chi connectivity index (χ2n) is 10.3. The maximum atomic E-state index is 14.2. The van der Waals surface area contributed by atoms with E-state index in [4.69, 9.17) is 9.15 Å². The van der Waals surface area contributed by atoms with Gasteiger partial charge in [0.1, 0.15) is 23.9 Å². The highest BCUT2D eigenvalue weighted by Gasteiger charge is 2.49. The highest BCUT2D eigenvalue weighted by atomic mass is 19.1. The Hall–Kier alpha value is -3.53. The molecule has 0 spiro atoms. The lowest BCUT2D eigenvalue weighted by Crippen LogP contribution is -2.47. The van der Waals surface area contributed by atoms with Crippen LogP contribution < -0.4 is 15.3 Å². The molecule has 1 aromatic carbocycles. The number of ether oxygens (including phenoxy) is 1. The first-order valence-electron chi connectivity index (χ1n) is 12.6. The summed E-state index contributed by atoms with van der Waals surface area (Å²) in [5, 5.41) is 8.26. The van der Waals surface area contributed by atoms with Crippen LogP contribution in [0.4, 0.5) is 10.2 Å². The number of rotatable bonds is 5. The van der Waals surface area contributed by atoms with Crippen LogP contribution in [-0.4, -0.2) is 69.1 Å². The van der Waals surface area contributed by atoms with E-state index in [0.717, 1.165) is 48.8 Å². The number of alkyl halides is 1. The van der Waals surface area contributed by atoms with Gasteiger partial charge in [-0.25, -0.2) is 9.18 Å². The first-order valence-corrected chi connectivity index (χ1v) is 12.6. The summed E-state index contributed by atoms with van der Waals surface area (Å²) in [5.74, 6) is 0.939. The van der Waals surface area contributed by atoms with E-state index in [0.29, 0.717) is 42.1 Å².